The van der Waals surface area contributed by atoms with Crippen molar-refractivity contribution in [3.8, 4) is 0 Å². The highest BCUT2D eigenvalue weighted by Gasteiger charge is 2.36. The number of carbonyl (C=O) groups excluding carboxylic acids is 3. The summed E-state index contributed by atoms with van der Waals surface area (Å²) in [6.45, 7) is 1.59. The van der Waals surface area contributed by atoms with Gasteiger partial charge in [-0.25, -0.2) is 0 Å². The van der Waals surface area contributed by atoms with Crippen LogP contribution in [0, 0.1) is 6.92 Å². The molecule has 0 atom stereocenters. The summed E-state index contributed by atoms with van der Waals surface area (Å²) in [6, 6.07) is 10.8. The molecule has 3 rings (SSSR count). The molecule has 1 aliphatic heterocycles. The second-order valence-corrected chi connectivity index (χ2v) is 8.07. The van der Waals surface area contributed by atoms with E-state index in [1.54, 1.807) is 24.3 Å². The predicted molar refractivity (Wildman–Crippen MR) is 102 cm³/mol. The second kappa shape index (κ2) is 7.43. The van der Waals surface area contributed by atoms with E-state index in [0.717, 1.165) is 27.1 Å². The lowest BCUT2D eigenvalue weighted by Crippen LogP contribution is -2.36. The fourth-order valence-electron chi connectivity index (χ4n) is 2.24. The first-order valence-corrected chi connectivity index (χ1v) is 9.31. The largest absolute Gasteiger partial charge is 0.325 e. The Kier molecular flexibility index (Phi) is 5.27. The van der Waals surface area contributed by atoms with Gasteiger partial charge in [-0.2, -0.15) is 0 Å². The number of amides is 3. The Balaban J connectivity index is 1.68. The van der Waals surface area contributed by atoms with Gasteiger partial charge in [0.25, 0.3) is 11.1 Å². The van der Waals surface area contributed by atoms with E-state index in [-0.39, 0.29) is 11.4 Å². The lowest BCUT2D eigenvalue weighted by atomic mass is 10.2. The third kappa shape index (κ3) is 4.31. The zero-order valence-electron chi connectivity index (χ0n) is 13.1. The zero-order valence-corrected chi connectivity index (χ0v) is 15.5. The summed E-state index contributed by atoms with van der Waals surface area (Å²) in [5.74, 6) is -0.896. The Morgan fingerprint density at radius 1 is 1.28 bits per heavy atom. The Bertz CT molecular complexity index is 892. The molecular weight excluding hydrogens is 380 g/mol. The molecule has 1 N–H and O–H groups in total. The maximum atomic E-state index is 12.4. The van der Waals surface area contributed by atoms with Gasteiger partial charge in [0.15, 0.2) is 0 Å². The minimum atomic E-state index is -0.473. The average molecular weight is 393 g/mol. The molecule has 5 nitrogen and oxygen atoms in total. The summed E-state index contributed by atoms with van der Waals surface area (Å²) in [5, 5.41) is 2.23. The number of benzene rings is 1. The van der Waals surface area contributed by atoms with Crippen molar-refractivity contribution >= 4 is 63.5 Å². The molecule has 0 aliphatic carbocycles. The van der Waals surface area contributed by atoms with Crippen LogP contribution in [0.5, 0.6) is 0 Å². The summed E-state index contributed by atoms with van der Waals surface area (Å²) in [4.78, 5) is 38.6. The number of nitrogens with zero attached hydrogens (tertiary/aromatic N) is 1. The molecule has 1 aromatic heterocycles. The summed E-state index contributed by atoms with van der Waals surface area (Å²) in [5.41, 5.74) is 1.63. The molecule has 25 heavy (non-hydrogen) atoms. The van der Waals surface area contributed by atoms with Crippen LogP contribution < -0.4 is 5.32 Å². The van der Waals surface area contributed by atoms with E-state index < -0.39 is 17.1 Å². The van der Waals surface area contributed by atoms with Crippen LogP contribution in [0.25, 0.3) is 6.08 Å². The van der Waals surface area contributed by atoms with Gasteiger partial charge in [0.2, 0.25) is 5.91 Å². The number of aryl methyl sites for hydroxylation is 1. The highest BCUT2D eigenvalue weighted by Crippen LogP contribution is 2.34. The number of thioether (sulfide) groups is 1. The van der Waals surface area contributed by atoms with Gasteiger partial charge in [-0.15, -0.1) is 11.3 Å². The van der Waals surface area contributed by atoms with Crippen LogP contribution in [0.3, 0.4) is 0 Å². The van der Waals surface area contributed by atoms with Crippen molar-refractivity contribution in [1.82, 2.24) is 4.90 Å². The lowest BCUT2D eigenvalue weighted by Gasteiger charge is -2.12. The number of nitrogens with one attached hydrogen (secondary N) is 1. The summed E-state index contributed by atoms with van der Waals surface area (Å²) in [6.07, 6.45) is 1.61. The van der Waals surface area contributed by atoms with Crippen molar-refractivity contribution in [3.63, 3.8) is 0 Å². The molecule has 0 bridgehead atoms. The van der Waals surface area contributed by atoms with Gasteiger partial charge in [-0.1, -0.05) is 23.7 Å². The molecule has 128 valence electrons. The van der Waals surface area contributed by atoms with Gasteiger partial charge in [0.05, 0.1) is 9.24 Å². The van der Waals surface area contributed by atoms with Gasteiger partial charge in [-0.05, 0) is 54.6 Å². The maximum absolute atomic E-state index is 12.4. The van der Waals surface area contributed by atoms with Crippen LogP contribution in [0.4, 0.5) is 10.5 Å². The monoisotopic (exact) mass is 392 g/mol. The molecule has 1 saturated heterocycles. The van der Waals surface area contributed by atoms with Crippen molar-refractivity contribution in [1.29, 1.82) is 0 Å². The van der Waals surface area contributed by atoms with Crippen LogP contribution in [0.1, 0.15) is 10.4 Å². The van der Waals surface area contributed by atoms with Crippen molar-refractivity contribution in [2.45, 2.75) is 6.92 Å². The molecular formula is C17H13ClN2O3S2. The van der Waals surface area contributed by atoms with E-state index in [2.05, 4.69) is 5.32 Å². The molecule has 0 saturated carbocycles. The number of halogens is 1. The van der Waals surface area contributed by atoms with Crippen molar-refractivity contribution in [2.75, 3.05) is 11.9 Å². The fraction of sp³-hybridized carbons (Fsp3) is 0.118. The minimum absolute atomic E-state index is 0.284. The van der Waals surface area contributed by atoms with Crippen LogP contribution >= 0.6 is 34.7 Å². The fourth-order valence-corrected chi connectivity index (χ4v) is 4.15. The van der Waals surface area contributed by atoms with Crippen molar-refractivity contribution in [3.05, 3.63) is 56.1 Å². The van der Waals surface area contributed by atoms with Gasteiger partial charge < -0.3 is 5.32 Å². The Hall–Kier alpha value is -2.09. The van der Waals surface area contributed by atoms with Gasteiger partial charge in [-0.3, -0.25) is 19.3 Å². The average Bonchev–Trinajstić information content (AvgIpc) is 3.06. The molecule has 1 aromatic carbocycles. The standard InChI is InChI=1S/C17H13ClN2O3S2/c1-10-3-2-4-11(7-10)19-15(21)9-20-16(22)13(25-17(20)23)8-12-5-6-14(18)24-12/h2-8H,9H2,1H3,(H,19,21)/b13-8-. The molecule has 1 aliphatic rings. The quantitative estimate of drug-likeness (QED) is 0.784. The summed E-state index contributed by atoms with van der Waals surface area (Å²) >= 11 is 7.99. The lowest BCUT2D eigenvalue weighted by molar-refractivity contribution is -0.127. The minimum Gasteiger partial charge on any atom is -0.325 e. The van der Waals surface area contributed by atoms with Crippen LogP contribution in [0.15, 0.2) is 41.3 Å². The smallest absolute Gasteiger partial charge is 0.294 e. The van der Waals surface area contributed by atoms with E-state index in [9.17, 15) is 14.4 Å². The number of imide groups is 1. The number of hydrogen-bond donors (Lipinski definition) is 1. The van der Waals surface area contributed by atoms with E-state index in [4.69, 9.17) is 11.6 Å². The van der Waals surface area contributed by atoms with Gasteiger partial charge in [0.1, 0.15) is 6.54 Å². The predicted octanol–water partition coefficient (Wildman–Crippen LogP) is 4.38. The molecule has 0 radical (unpaired) electrons. The first kappa shape index (κ1) is 17.7. The molecule has 0 spiro atoms. The first-order valence-electron chi connectivity index (χ1n) is 7.29. The summed E-state index contributed by atoms with van der Waals surface area (Å²) < 4.78 is 0.600. The van der Waals surface area contributed by atoms with Crippen LogP contribution in [-0.4, -0.2) is 28.5 Å². The Morgan fingerprint density at radius 3 is 2.76 bits per heavy atom. The third-order valence-corrected chi connectivity index (χ3v) is 5.43. The first-order chi connectivity index (χ1) is 11.9. The van der Waals surface area contributed by atoms with Gasteiger partial charge >= 0.3 is 0 Å². The molecule has 2 heterocycles. The van der Waals surface area contributed by atoms with E-state index in [1.165, 1.54) is 11.3 Å². The highest BCUT2D eigenvalue weighted by molar-refractivity contribution is 8.18. The molecule has 0 unspecified atom stereocenters. The van der Waals surface area contributed by atoms with Crippen LogP contribution in [0.2, 0.25) is 4.34 Å². The Morgan fingerprint density at radius 2 is 2.08 bits per heavy atom. The molecule has 1 fully saturated rings. The summed E-state index contributed by atoms with van der Waals surface area (Å²) in [7, 11) is 0. The number of carbonyl (C=O) groups is 3. The van der Waals surface area contributed by atoms with E-state index >= 15 is 0 Å². The SMILES string of the molecule is Cc1cccc(NC(=O)CN2C(=O)S/C(=C\c3ccc(Cl)s3)C2=O)c1. The third-order valence-electron chi connectivity index (χ3n) is 3.34. The van der Waals surface area contributed by atoms with Crippen LogP contribution in [-0.2, 0) is 9.59 Å². The number of hydrogen-bond acceptors (Lipinski definition) is 5. The molecule has 8 heteroatoms. The van der Waals surface area contributed by atoms with E-state index in [1.807, 2.05) is 25.1 Å². The number of thiophene rings is 1. The molecule has 2 aromatic rings. The maximum Gasteiger partial charge on any atom is 0.294 e. The normalized spacial score (nSPS) is 15.9. The zero-order chi connectivity index (χ0) is 18.0. The van der Waals surface area contributed by atoms with Gasteiger partial charge in [0, 0.05) is 10.6 Å². The number of anilines is 1. The molecule has 3 amide bonds. The highest BCUT2D eigenvalue weighted by atomic mass is 35.5. The van der Waals surface area contributed by atoms with E-state index in [0.29, 0.717) is 10.0 Å². The van der Waals surface area contributed by atoms with Crippen molar-refractivity contribution < 1.29 is 14.4 Å². The number of rotatable bonds is 4. The van der Waals surface area contributed by atoms with Crippen molar-refractivity contribution in [2.24, 2.45) is 0 Å². The second-order valence-electron chi connectivity index (χ2n) is 5.33. The Labute approximate surface area is 157 Å². The topological polar surface area (TPSA) is 66.5 Å².